The average molecular weight is 513 g/mol. The van der Waals surface area contributed by atoms with Crippen LogP contribution in [-0.4, -0.2) is 9.55 Å². The van der Waals surface area contributed by atoms with Gasteiger partial charge in [-0.3, -0.25) is 0 Å². The molecule has 7 aromatic rings. The Morgan fingerprint density at radius 1 is 0.500 bits per heavy atom. The van der Waals surface area contributed by atoms with Crippen LogP contribution in [0.4, 0.5) is 0 Å². The quantitative estimate of drug-likeness (QED) is 0.230. The summed E-state index contributed by atoms with van der Waals surface area (Å²) in [6.07, 6.45) is 0. The van der Waals surface area contributed by atoms with Crippen LogP contribution in [0, 0.1) is 0 Å². The third-order valence-corrected chi connectivity index (χ3v) is 8.58. The highest BCUT2D eigenvalue weighted by molar-refractivity contribution is 6.11. The van der Waals surface area contributed by atoms with E-state index in [2.05, 4.69) is 152 Å². The van der Waals surface area contributed by atoms with Gasteiger partial charge in [-0.05, 0) is 52.6 Å². The van der Waals surface area contributed by atoms with Crippen molar-refractivity contribution in [3.63, 3.8) is 0 Å². The van der Waals surface area contributed by atoms with Gasteiger partial charge in [0, 0.05) is 27.3 Å². The summed E-state index contributed by atoms with van der Waals surface area (Å²) >= 11 is 0. The molecule has 0 radical (unpaired) electrons. The van der Waals surface area contributed by atoms with E-state index >= 15 is 0 Å². The molecule has 1 aliphatic carbocycles. The average Bonchev–Trinajstić information content (AvgIpc) is 3.45. The minimum absolute atomic E-state index is 0.0407. The summed E-state index contributed by atoms with van der Waals surface area (Å²) < 4.78 is 2.43. The zero-order valence-electron chi connectivity index (χ0n) is 22.6. The van der Waals surface area contributed by atoms with Crippen LogP contribution in [0.5, 0.6) is 0 Å². The van der Waals surface area contributed by atoms with Gasteiger partial charge in [-0.1, -0.05) is 117 Å². The number of hydrogen-bond donors (Lipinski definition) is 0. The molecule has 0 amide bonds. The number of rotatable bonds is 3. The third-order valence-electron chi connectivity index (χ3n) is 8.58. The maximum atomic E-state index is 5.14. The van der Waals surface area contributed by atoms with Crippen molar-refractivity contribution >= 4 is 21.8 Å². The summed E-state index contributed by atoms with van der Waals surface area (Å²) in [5, 5.41) is 2.56. The van der Waals surface area contributed by atoms with E-state index in [-0.39, 0.29) is 5.41 Å². The van der Waals surface area contributed by atoms with E-state index < -0.39 is 0 Å². The molecule has 2 aromatic heterocycles. The smallest absolute Gasteiger partial charge is 0.0730 e. The molecule has 0 spiro atoms. The van der Waals surface area contributed by atoms with Gasteiger partial charge in [0.25, 0.3) is 0 Å². The summed E-state index contributed by atoms with van der Waals surface area (Å²) in [5.74, 6) is 0. The van der Waals surface area contributed by atoms with Gasteiger partial charge in [0.05, 0.1) is 28.1 Å². The van der Waals surface area contributed by atoms with Gasteiger partial charge < -0.3 is 4.57 Å². The molecular formula is C38H28N2. The van der Waals surface area contributed by atoms with E-state index in [0.717, 1.165) is 28.2 Å². The van der Waals surface area contributed by atoms with Gasteiger partial charge >= 0.3 is 0 Å². The van der Waals surface area contributed by atoms with Gasteiger partial charge in [0.1, 0.15) is 0 Å². The normalized spacial score (nSPS) is 13.4. The Morgan fingerprint density at radius 2 is 1.10 bits per heavy atom. The van der Waals surface area contributed by atoms with E-state index in [1.807, 2.05) is 0 Å². The largest absolute Gasteiger partial charge is 0.309 e. The van der Waals surface area contributed by atoms with E-state index in [1.54, 1.807) is 0 Å². The molecule has 0 atom stereocenters. The molecule has 190 valence electrons. The van der Waals surface area contributed by atoms with Crippen LogP contribution in [-0.2, 0) is 5.41 Å². The molecule has 0 aliphatic heterocycles. The monoisotopic (exact) mass is 512 g/mol. The fourth-order valence-corrected chi connectivity index (χ4v) is 6.60. The second-order valence-corrected chi connectivity index (χ2v) is 11.3. The van der Waals surface area contributed by atoms with Crippen molar-refractivity contribution < 1.29 is 0 Å². The number of nitrogens with zero attached hydrogens (tertiary/aromatic N) is 2. The zero-order chi connectivity index (χ0) is 26.8. The fraction of sp³-hybridized carbons (Fsp3) is 0.0789. The summed E-state index contributed by atoms with van der Waals surface area (Å²) in [6, 6.07) is 48.0. The lowest BCUT2D eigenvalue weighted by molar-refractivity contribution is 0.661. The Kier molecular flexibility index (Phi) is 4.90. The highest BCUT2D eigenvalue weighted by atomic mass is 15.0. The molecule has 0 fully saturated rings. The zero-order valence-corrected chi connectivity index (χ0v) is 22.6. The minimum atomic E-state index is -0.0407. The molecule has 8 rings (SSSR count). The second-order valence-electron chi connectivity index (χ2n) is 11.3. The molecule has 0 unspecified atom stereocenters. The van der Waals surface area contributed by atoms with Crippen LogP contribution in [0.3, 0.4) is 0 Å². The lowest BCUT2D eigenvalue weighted by atomic mass is 9.82. The van der Waals surface area contributed by atoms with Crippen LogP contribution < -0.4 is 0 Å². The molecule has 0 N–H and O–H groups in total. The van der Waals surface area contributed by atoms with Crippen molar-refractivity contribution in [3.8, 4) is 39.3 Å². The number of hydrogen-bond acceptors (Lipinski definition) is 1. The van der Waals surface area contributed by atoms with Crippen molar-refractivity contribution in [2.45, 2.75) is 19.3 Å². The summed E-state index contributed by atoms with van der Waals surface area (Å²) in [6.45, 7) is 4.70. The number of benzene rings is 5. The summed E-state index contributed by atoms with van der Waals surface area (Å²) in [4.78, 5) is 5.14. The number of fused-ring (bicyclic) bond motifs is 6. The number of aromatic nitrogens is 2. The van der Waals surface area contributed by atoms with Crippen LogP contribution in [0.2, 0.25) is 0 Å². The first kappa shape index (κ1) is 23.0. The topological polar surface area (TPSA) is 17.8 Å². The predicted octanol–water partition coefficient (Wildman–Crippen LogP) is 9.82. The van der Waals surface area contributed by atoms with E-state index in [1.165, 1.54) is 44.1 Å². The molecule has 1 aliphatic rings. The molecule has 2 heteroatoms. The molecule has 0 bridgehead atoms. The maximum absolute atomic E-state index is 5.14. The van der Waals surface area contributed by atoms with Gasteiger partial charge in [-0.25, -0.2) is 4.98 Å². The van der Waals surface area contributed by atoms with E-state index in [4.69, 9.17) is 4.98 Å². The van der Waals surface area contributed by atoms with Crippen molar-refractivity contribution in [1.82, 2.24) is 9.55 Å². The van der Waals surface area contributed by atoms with Crippen LogP contribution in [0.25, 0.3) is 61.1 Å². The first-order valence-electron chi connectivity index (χ1n) is 13.9. The van der Waals surface area contributed by atoms with Crippen molar-refractivity contribution in [2.75, 3.05) is 0 Å². The lowest BCUT2D eigenvalue weighted by Crippen LogP contribution is -2.14. The van der Waals surface area contributed by atoms with Gasteiger partial charge in [-0.2, -0.15) is 0 Å². The molecule has 5 aromatic carbocycles. The van der Waals surface area contributed by atoms with Crippen molar-refractivity contribution in [1.29, 1.82) is 0 Å². The Bertz CT molecular complexity index is 2010. The predicted molar refractivity (Wildman–Crippen MR) is 167 cm³/mol. The minimum Gasteiger partial charge on any atom is -0.309 e. The first-order chi connectivity index (χ1) is 19.6. The Morgan fingerprint density at radius 3 is 1.80 bits per heavy atom. The van der Waals surface area contributed by atoms with Gasteiger partial charge in [0.2, 0.25) is 0 Å². The summed E-state index contributed by atoms with van der Waals surface area (Å²) in [7, 11) is 0. The van der Waals surface area contributed by atoms with Gasteiger partial charge in [-0.15, -0.1) is 0 Å². The van der Waals surface area contributed by atoms with E-state index in [9.17, 15) is 0 Å². The number of pyridine rings is 1. The van der Waals surface area contributed by atoms with Crippen LogP contribution >= 0.6 is 0 Å². The highest BCUT2D eigenvalue weighted by Gasteiger charge is 2.36. The number of para-hydroxylation sites is 1. The molecule has 0 saturated carbocycles. The third kappa shape index (κ3) is 3.32. The van der Waals surface area contributed by atoms with Crippen LogP contribution in [0.15, 0.2) is 133 Å². The highest BCUT2D eigenvalue weighted by Crippen LogP contribution is 2.51. The van der Waals surface area contributed by atoms with Crippen LogP contribution in [0.1, 0.15) is 25.0 Å². The first-order valence-corrected chi connectivity index (χ1v) is 13.9. The molecule has 2 heterocycles. The Balaban J connectivity index is 1.47. The standard InChI is InChI=1S/C38H28N2/c1-38(2)32-19-11-9-17-28(32)30-24-37-31(23-33(30)38)29-18-10-12-20-36(29)40(37)27-21-34(25-13-5-3-6-14-25)39-35(22-27)26-15-7-4-8-16-26/h3-24H,1-2H3. The molecule has 40 heavy (non-hydrogen) atoms. The van der Waals surface area contributed by atoms with Crippen molar-refractivity contribution in [3.05, 3.63) is 145 Å². The second kappa shape index (κ2) is 8.53. The molecular weight excluding hydrogens is 484 g/mol. The van der Waals surface area contributed by atoms with Crippen molar-refractivity contribution in [2.24, 2.45) is 0 Å². The van der Waals surface area contributed by atoms with Gasteiger partial charge in [0.15, 0.2) is 0 Å². The summed E-state index contributed by atoms with van der Waals surface area (Å²) in [5.41, 5.74) is 13.1. The Labute approximate surface area is 234 Å². The fourth-order valence-electron chi connectivity index (χ4n) is 6.60. The van der Waals surface area contributed by atoms with E-state index in [0.29, 0.717) is 0 Å². The molecule has 2 nitrogen and oxygen atoms in total. The molecule has 0 saturated heterocycles. The maximum Gasteiger partial charge on any atom is 0.0730 e. The lowest BCUT2D eigenvalue weighted by Gasteiger charge is -2.21. The SMILES string of the molecule is CC1(C)c2ccccc2-c2cc3c(cc21)c1ccccc1n3-c1cc(-c2ccccc2)nc(-c2ccccc2)c1. The Hall–Kier alpha value is -4.95.